The van der Waals surface area contributed by atoms with Gasteiger partial charge in [0.1, 0.15) is 6.61 Å². The van der Waals surface area contributed by atoms with E-state index in [-0.39, 0.29) is 31.4 Å². The molecular formula is C17H16ClNO3. The molecule has 0 aliphatic heterocycles. The summed E-state index contributed by atoms with van der Waals surface area (Å²) < 4.78 is 5.12. The summed E-state index contributed by atoms with van der Waals surface area (Å²) in [7, 11) is 0. The maximum atomic E-state index is 11.8. The summed E-state index contributed by atoms with van der Waals surface area (Å²) in [5, 5.41) is 3.24. The van der Waals surface area contributed by atoms with E-state index in [1.54, 1.807) is 24.3 Å². The van der Waals surface area contributed by atoms with Gasteiger partial charge in [0.05, 0.1) is 6.42 Å². The van der Waals surface area contributed by atoms with Gasteiger partial charge in [0.2, 0.25) is 0 Å². The monoisotopic (exact) mass is 317 g/mol. The van der Waals surface area contributed by atoms with Crippen LogP contribution in [0.5, 0.6) is 0 Å². The Bertz CT molecular complexity index is 626. The lowest BCUT2D eigenvalue weighted by atomic mass is 10.2. The highest BCUT2D eigenvalue weighted by Crippen LogP contribution is 2.09. The molecule has 4 nitrogen and oxygen atoms in total. The van der Waals surface area contributed by atoms with Gasteiger partial charge in [-0.25, -0.2) is 0 Å². The van der Waals surface area contributed by atoms with Crippen molar-refractivity contribution in [1.82, 2.24) is 5.32 Å². The van der Waals surface area contributed by atoms with Crippen LogP contribution in [0.25, 0.3) is 0 Å². The zero-order chi connectivity index (χ0) is 15.8. The maximum absolute atomic E-state index is 11.8. The number of hydrogen-bond acceptors (Lipinski definition) is 3. The highest BCUT2D eigenvalue weighted by atomic mass is 35.5. The van der Waals surface area contributed by atoms with Crippen LogP contribution in [0.4, 0.5) is 0 Å². The number of nitrogens with one attached hydrogen (secondary N) is 1. The lowest BCUT2D eigenvalue weighted by Crippen LogP contribution is -2.26. The first-order chi connectivity index (χ1) is 10.6. The number of amides is 1. The quantitative estimate of drug-likeness (QED) is 0.832. The van der Waals surface area contributed by atoms with E-state index in [2.05, 4.69) is 5.32 Å². The molecule has 0 aliphatic rings. The zero-order valence-electron chi connectivity index (χ0n) is 11.9. The average molecular weight is 318 g/mol. The van der Waals surface area contributed by atoms with Gasteiger partial charge >= 0.3 is 5.97 Å². The zero-order valence-corrected chi connectivity index (χ0v) is 12.7. The van der Waals surface area contributed by atoms with Gasteiger partial charge < -0.3 is 10.1 Å². The predicted molar refractivity (Wildman–Crippen MR) is 84.6 cm³/mol. The van der Waals surface area contributed by atoms with Crippen LogP contribution >= 0.6 is 11.6 Å². The first-order valence-corrected chi connectivity index (χ1v) is 7.26. The van der Waals surface area contributed by atoms with Crippen molar-refractivity contribution < 1.29 is 14.3 Å². The molecule has 0 saturated heterocycles. The van der Waals surface area contributed by atoms with Crippen LogP contribution in [0.3, 0.4) is 0 Å². The van der Waals surface area contributed by atoms with Crippen LogP contribution in [0.15, 0.2) is 54.6 Å². The largest absolute Gasteiger partial charge is 0.461 e. The lowest BCUT2D eigenvalue weighted by molar-refractivity contribution is -0.144. The Hall–Kier alpha value is -2.33. The van der Waals surface area contributed by atoms with E-state index in [0.29, 0.717) is 10.6 Å². The molecule has 0 spiro atoms. The first kappa shape index (κ1) is 16.0. The molecule has 0 heterocycles. The second-order valence-electron chi connectivity index (χ2n) is 4.66. The van der Waals surface area contributed by atoms with Crippen molar-refractivity contribution in [2.75, 3.05) is 6.54 Å². The highest BCUT2D eigenvalue weighted by molar-refractivity contribution is 6.30. The van der Waals surface area contributed by atoms with E-state index < -0.39 is 0 Å². The molecule has 22 heavy (non-hydrogen) atoms. The number of halogens is 1. The van der Waals surface area contributed by atoms with Gasteiger partial charge in [-0.2, -0.15) is 0 Å². The summed E-state index contributed by atoms with van der Waals surface area (Å²) >= 11 is 5.75. The lowest BCUT2D eigenvalue weighted by Gasteiger charge is -2.06. The van der Waals surface area contributed by atoms with Crippen molar-refractivity contribution in [3.05, 3.63) is 70.7 Å². The van der Waals surface area contributed by atoms with Gasteiger partial charge in [-0.15, -0.1) is 0 Å². The number of esters is 1. The van der Waals surface area contributed by atoms with Gasteiger partial charge in [0.25, 0.3) is 5.91 Å². The topological polar surface area (TPSA) is 55.4 Å². The van der Waals surface area contributed by atoms with Crippen LogP contribution in [0.2, 0.25) is 5.02 Å². The van der Waals surface area contributed by atoms with Crippen molar-refractivity contribution in [2.24, 2.45) is 0 Å². The van der Waals surface area contributed by atoms with Gasteiger partial charge in [0, 0.05) is 17.1 Å². The molecule has 1 N–H and O–H groups in total. The summed E-state index contributed by atoms with van der Waals surface area (Å²) in [6.07, 6.45) is 0.131. The van der Waals surface area contributed by atoms with Crippen molar-refractivity contribution in [3.8, 4) is 0 Å². The van der Waals surface area contributed by atoms with Gasteiger partial charge in [-0.05, 0) is 29.8 Å². The van der Waals surface area contributed by atoms with E-state index in [0.717, 1.165) is 5.56 Å². The maximum Gasteiger partial charge on any atom is 0.307 e. The van der Waals surface area contributed by atoms with Crippen molar-refractivity contribution in [2.45, 2.75) is 13.0 Å². The number of ether oxygens (including phenoxy) is 1. The number of carbonyl (C=O) groups is 2. The molecular weight excluding hydrogens is 302 g/mol. The molecule has 0 saturated carbocycles. The third-order valence-corrected chi connectivity index (χ3v) is 3.22. The molecule has 0 aromatic heterocycles. The van der Waals surface area contributed by atoms with E-state index in [1.807, 2.05) is 30.3 Å². The second kappa shape index (κ2) is 8.20. The molecule has 0 aliphatic carbocycles. The Morgan fingerprint density at radius 2 is 1.68 bits per heavy atom. The Morgan fingerprint density at radius 3 is 2.36 bits per heavy atom. The fourth-order valence-electron chi connectivity index (χ4n) is 1.79. The number of rotatable bonds is 6. The smallest absolute Gasteiger partial charge is 0.307 e. The highest BCUT2D eigenvalue weighted by Gasteiger charge is 2.07. The van der Waals surface area contributed by atoms with Crippen LogP contribution < -0.4 is 5.32 Å². The molecule has 2 aromatic carbocycles. The molecule has 2 aromatic rings. The fraction of sp³-hybridized carbons (Fsp3) is 0.176. The fourth-order valence-corrected chi connectivity index (χ4v) is 1.92. The summed E-state index contributed by atoms with van der Waals surface area (Å²) in [5.74, 6) is -0.590. The van der Waals surface area contributed by atoms with Crippen LogP contribution in [0.1, 0.15) is 22.3 Å². The molecule has 0 atom stereocenters. The van der Waals surface area contributed by atoms with E-state index in [9.17, 15) is 9.59 Å². The molecule has 5 heteroatoms. The van der Waals surface area contributed by atoms with E-state index in [4.69, 9.17) is 16.3 Å². The minimum absolute atomic E-state index is 0.131. The summed E-state index contributed by atoms with van der Waals surface area (Å²) in [6.45, 7) is 0.472. The predicted octanol–water partition coefficient (Wildman–Crippen LogP) is 3.20. The van der Waals surface area contributed by atoms with Crippen molar-refractivity contribution in [3.63, 3.8) is 0 Å². The molecule has 114 valence electrons. The molecule has 0 bridgehead atoms. The molecule has 0 unspecified atom stereocenters. The number of benzene rings is 2. The number of carbonyl (C=O) groups excluding carboxylic acids is 2. The number of hydrogen-bond donors (Lipinski definition) is 1. The SMILES string of the molecule is O=C(CCNC(=O)c1ccc(Cl)cc1)OCc1ccccc1. The molecule has 1 amide bonds. The molecule has 0 fully saturated rings. The van der Waals surface area contributed by atoms with Crippen LogP contribution in [0, 0.1) is 0 Å². The summed E-state index contributed by atoms with van der Waals surface area (Å²) in [5.41, 5.74) is 1.43. The van der Waals surface area contributed by atoms with Gasteiger partial charge in [-0.3, -0.25) is 9.59 Å². The first-order valence-electron chi connectivity index (χ1n) is 6.88. The Morgan fingerprint density at radius 1 is 1.00 bits per heavy atom. The summed E-state index contributed by atoms with van der Waals surface area (Å²) in [6, 6.07) is 16.0. The Kier molecular flexibility index (Phi) is 5.98. The third kappa shape index (κ3) is 5.22. The van der Waals surface area contributed by atoms with Gasteiger partial charge in [0.15, 0.2) is 0 Å². The second-order valence-corrected chi connectivity index (χ2v) is 5.10. The third-order valence-electron chi connectivity index (χ3n) is 2.96. The molecule has 0 radical (unpaired) electrons. The normalized spacial score (nSPS) is 10.0. The standard InChI is InChI=1S/C17H16ClNO3/c18-15-8-6-14(7-9-15)17(21)19-11-10-16(20)22-12-13-4-2-1-3-5-13/h1-9H,10-12H2,(H,19,21). The molecule has 2 rings (SSSR count). The Labute approximate surface area is 134 Å². The van der Waals surface area contributed by atoms with E-state index >= 15 is 0 Å². The summed E-state index contributed by atoms with van der Waals surface area (Å²) in [4.78, 5) is 23.4. The van der Waals surface area contributed by atoms with Crippen molar-refractivity contribution in [1.29, 1.82) is 0 Å². The minimum atomic E-state index is -0.347. The van der Waals surface area contributed by atoms with Gasteiger partial charge in [-0.1, -0.05) is 41.9 Å². The average Bonchev–Trinajstić information content (AvgIpc) is 2.54. The van der Waals surface area contributed by atoms with Crippen LogP contribution in [-0.4, -0.2) is 18.4 Å². The van der Waals surface area contributed by atoms with Crippen LogP contribution in [-0.2, 0) is 16.1 Å². The Balaban J connectivity index is 1.68. The van der Waals surface area contributed by atoms with Crippen molar-refractivity contribution >= 4 is 23.5 Å². The van der Waals surface area contributed by atoms with E-state index in [1.165, 1.54) is 0 Å². The minimum Gasteiger partial charge on any atom is -0.461 e.